The van der Waals surface area contributed by atoms with Crippen molar-refractivity contribution in [2.75, 3.05) is 26.2 Å². The molecule has 128 valence electrons. The van der Waals surface area contributed by atoms with Crippen LogP contribution in [0.4, 0.5) is 0 Å². The summed E-state index contributed by atoms with van der Waals surface area (Å²) in [7, 11) is 0. The van der Waals surface area contributed by atoms with Gasteiger partial charge >= 0.3 is 5.97 Å². The molecule has 0 amide bonds. The Kier molecular flexibility index (Phi) is 4.02. The Balaban J connectivity index is 1.65. The molecule has 0 aromatic rings. The summed E-state index contributed by atoms with van der Waals surface area (Å²) in [6.45, 7) is 8.22. The number of carbonyl (C=O) groups excluding carboxylic acids is 1. The van der Waals surface area contributed by atoms with Gasteiger partial charge in [-0.05, 0) is 32.5 Å². The molecule has 2 bridgehead atoms. The molecule has 24 heavy (non-hydrogen) atoms. The average molecular weight is 326 g/mol. The Morgan fingerprint density at radius 3 is 3.00 bits per heavy atom. The van der Waals surface area contributed by atoms with E-state index in [-0.39, 0.29) is 5.97 Å². The highest BCUT2D eigenvalue weighted by atomic mass is 16.6. The van der Waals surface area contributed by atoms with Crippen molar-refractivity contribution in [2.24, 2.45) is 0 Å². The number of carbonyl (C=O) groups is 1. The van der Waals surface area contributed by atoms with Crippen molar-refractivity contribution in [3.05, 3.63) is 23.3 Å². The summed E-state index contributed by atoms with van der Waals surface area (Å²) in [6.07, 6.45) is 8.49. The van der Waals surface area contributed by atoms with E-state index in [1.807, 2.05) is 0 Å². The topological polar surface area (TPSA) is 32.8 Å². The maximum atomic E-state index is 12.1. The van der Waals surface area contributed by atoms with Crippen molar-refractivity contribution in [1.29, 1.82) is 0 Å². The minimum atomic E-state index is -0.421. The molecule has 1 aliphatic carbocycles. The second-order valence-corrected chi connectivity index (χ2v) is 7.23. The number of fused-ring (bicyclic) bond motifs is 3. The van der Waals surface area contributed by atoms with Gasteiger partial charge in [-0.1, -0.05) is 38.2 Å². The Morgan fingerprint density at radius 1 is 1.38 bits per heavy atom. The standard InChI is InChI=1S/C20H26N2O2/c1-3-21(4-2)10-7-8-15-12-16-14-20(17(15)13-19(23)24-20)18-9-5-6-11-22(16)18/h12-13,16,18H,3-6,9-11,14H2,1-2H3/t16-,18-,20+/m1/s1. The summed E-state index contributed by atoms with van der Waals surface area (Å²) in [4.78, 5) is 16.9. The fraction of sp³-hybridized carbons (Fsp3) is 0.650. The minimum Gasteiger partial charge on any atom is -0.449 e. The van der Waals surface area contributed by atoms with Gasteiger partial charge in [0, 0.05) is 29.7 Å². The van der Waals surface area contributed by atoms with Crippen LogP contribution in [-0.4, -0.2) is 59.6 Å². The van der Waals surface area contributed by atoms with Gasteiger partial charge in [0.05, 0.1) is 12.6 Å². The van der Waals surface area contributed by atoms with Crippen LogP contribution >= 0.6 is 0 Å². The van der Waals surface area contributed by atoms with Crippen LogP contribution in [0.3, 0.4) is 0 Å². The van der Waals surface area contributed by atoms with Crippen LogP contribution in [0.1, 0.15) is 39.5 Å². The van der Waals surface area contributed by atoms with Gasteiger partial charge in [0.15, 0.2) is 5.60 Å². The van der Waals surface area contributed by atoms with Gasteiger partial charge in [-0.3, -0.25) is 9.80 Å². The molecular formula is C20H26N2O2. The second kappa shape index (κ2) is 6.06. The van der Waals surface area contributed by atoms with Gasteiger partial charge in [-0.15, -0.1) is 0 Å². The molecule has 0 N–H and O–H groups in total. The third-order valence-corrected chi connectivity index (χ3v) is 6.09. The third-order valence-electron chi connectivity index (χ3n) is 6.09. The van der Waals surface area contributed by atoms with Crippen LogP contribution in [0.2, 0.25) is 0 Å². The number of rotatable bonds is 3. The molecule has 3 aliphatic heterocycles. The van der Waals surface area contributed by atoms with E-state index in [2.05, 4.69) is 41.6 Å². The molecule has 4 heteroatoms. The van der Waals surface area contributed by atoms with Gasteiger partial charge in [0.25, 0.3) is 0 Å². The molecule has 0 unspecified atom stereocenters. The van der Waals surface area contributed by atoms with Crippen LogP contribution < -0.4 is 0 Å². The Morgan fingerprint density at radius 2 is 2.21 bits per heavy atom. The fourth-order valence-electron chi connectivity index (χ4n) is 4.86. The fourth-order valence-corrected chi connectivity index (χ4v) is 4.86. The van der Waals surface area contributed by atoms with Crippen molar-refractivity contribution in [1.82, 2.24) is 9.80 Å². The lowest BCUT2D eigenvalue weighted by molar-refractivity contribution is -0.148. The molecule has 2 saturated heterocycles. The normalized spacial score (nSPS) is 34.0. The smallest absolute Gasteiger partial charge is 0.332 e. The summed E-state index contributed by atoms with van der Waals surface area (Å²) in [5.41, 5.74) is 1.65. The molecule has 4 rings (SSSR count). The van der Waals surface area contributed by atoms with Crippen LogP contribution in [-0.2, 0) is 9.53 Å². The van der Waals surface area contributed by atoms with E-state index < -0.39 is 5.60 Å². The van der Waals surface area contributed by atoms with Crippen molar-refractivity contribution in [2.45, 2.75) is 57.2 Å². The van der Waals surface area contributed by atoms with Gasteiger partial charge < -0.3 is 4.74 Å². The first-order chi connectivity index (χ1) is 11.7. The van der Waals surface area contributed by atoms with E-state index >= 15 is 0 Å². The first-order valence-corrected chi connectivity index (χ1v) is 9.32. The van der Waals surface area contributed by atoms with Crippen LogP contribution in [0.15, 0.2) is 23.3 Å². The maximum absolute atomic E-state index is 12.1. The second-order valence-electron chi connectivity index (χ2n) is 7.23. The van der Waals surface area contributed by atoms with E-state index in [9.17, 15) is 4.79 Å². The maximum Gasteiger partial charge on any atom is 0.332 e. The van der Waals surface area contributed by atoms with Crippen molar-refractivity contribution < 1.29 is 9.53 Å². The lowest BCUT2D eigenvalue weighted by Gasteiger charge is -2.38. The van der Waals surface area contributed by atoms with Gasteiger partial charge in [0.1, 0.15) is 0 Å². The summed E-state index contributed by atoms with van der Waals surface area (Å²) in [5, 5.41) is 0. The molecule has 0 aromatic carbocycles. The lowest BCUT2D eigenvalue weighted by atomic mass is 9.77. The average Bonchev–Trinajstić information content (AvgIpc) is 3.08. The Labute approximate surface area is 144 Å². The lowest BCUT2D eigenvalue weighted by Crippen LogP contribution is -2.48. The van der Waals surface area contributed by atoms with E-state index in [1.54, 1.807) is 6.08 Å². The summed E-state index contributed by atoms with van der Waals surface area (Å²) >= 11 is 0. The largest absolute Gasteiger partial charge is 0.449 e. The highest BCUT2D eigenvalue weighted by Crippen LogP contribution is 2.53. The molecule has 0 aromatic heterocycles. The Bertz CT molecular complexity index is 665. The SMILES string of the molecule is CCN(CC)CC#CC1=C[C@@H]2C[C@@]3(OC(=O)C=C13)[C@H]1CCCCN21. The number of hydrogen-bond acceptors (Lipinski definition) is 4. The zero-order valence-electron chi connectivity index (χ0n) is 14.7. The van der Waals surface area contributed by atoms with E-state index in [0.717, 1.165) is 50.2 Å². The number of piperidine rings is 1. The third kappa shape index (κ3) is 2.34. The number of nitrogens with zero attached hydrogens (tertiary/aromatic N) is 2. The summed E-state index contributed by atoms with van der Waals surface area (Å²) < 4.78 is 5.92. The van der Waals surface area contributed by atoms with Crippen molar-refractivity contribution in [3.8, 4) is 11.8 Å². The van der Waals surface area contributed by atoms with Crippen LogP contribution in [0.25, 0.3) is 0 Å². The first kappa shape index (κ1) is 15.9. The zero-order chi connectivity index (χ0) is 16.7. The number of ether oxygens (including phenoxy) is 1. The monoisotopic (exact) mass is 326 g/mol. The molecule has 3 heterocycles. The molecule has 4 nitrogen and oxygen atoms in total. The molecule has 0 radical (unpaired) electrons. The first-order valence-electron chi connectivity index (χ1n) is 9.32. The molecule has 3 atom stereocenters. The summed E-state index contributed by atoms with van der Waals surface area (Å²) in [6, 6.07) is 0.711. The van der Waals surface area contributed by atoms with E-state index in [0.29, 0.717) is 12.1 Å². The van der Waals surface area contributed by atoms with Gasteiger partial charge in [-0.2, -0.15) is 0 Å². The Hall–Kier alpha value is -1.57. The highest BCUT2D eigenvalue weighted by molar-refractivity contribution is 5.90. The quantitative estimate of drug-likeness (QED) is 0.587. The summed E-state index contributed by atoms with van der Waals surface area (Å²) in [5.74, 6) is 6.49. The highest BCUT2D eigenvalue weighted by Gasteiger charge is 2.61. The molecule has 4 aliphatic rings. The van der Waals surface area contributed by atoms with Crippen molar-refractivity contribution >= 4 is 5.97 Å². The van der Waals surface area contributed by atoms with E-state index in [4.69, 9.17) is 4.74 Å². The predicted octanol–water partition coefficient (Wildman–Crippen LogP) is 2.12. The zero-order valence-corrected chi connectivity index (χ0v) is 14.7. The molecular weight excluding hydrogens is 300 g/mol. The predicted molar refractivity (Wildman–Crippen MR) is 93.3 cm³/mol. The van der Waals surface area contributed by atoms with Gasteiger partial charge in [-0.25, -0.2) is 4.79 Å². The minimum absolute atomic E-state index is 0.186. The number of hydrogen-bond donors (Lipinski definition) is 0. The number of esters is 1. The molecule has 2 fully saturated rings. The molecule has 1 spiro atoms. The molecule has 0 saturated carbocycles. The van der Waals surface area contributed by atoms with E-state index in [1.165, 1.54) is 12.8 Å². The van der Waals surface area contributed by atoms with Crippen LogP contribution in [0.5, 0.6) is 0 Å². The van der Waals surface area contributed by atoms with Crippen LogP contribution in [0, 0.1) is 11.8 Å². The van der Waals surface area contributed by atoms with Crippen molar-refractivity contribution in [3.63, 3.8) is 0 Å². The van der Waals surface area contributed by atoms with Gasteiger partial charge in [0.2, 0.25) is 0 Å².